The van der Waals surface area contributed by atoms with Crippen molar-refractivity contribution in [1.29, 1.82) is 0 Å². The van der Waals surface area contributed by atoms with Crippen LogP contribution >= 0.6 is 0 Å². The second-order valence-corrected chi connectivity index (χ2v) is 10.6. The highest BCUT2D eigenvalue weighted by molar-refractivity contribution is 5.99. The number of aromatic nitrogens is 1. The summed E-state index contributed by atoms with van der Waals surface area (Å²) in [5.41, 5.74) is 0.0475. The molecule has 2 aromatic rings. The minimum Gasteiger partial charge on any atom is -0.382 e. The Morgan fingerprint density at radius 3 is 2.36 bits per heavy atom. The molecular weight excluding hydrogens is 502 g/mol. The van der Waals surface area contributed by atoms with E-state index in [0.717, 1.165) is 5.56 Å². The average Bonchev–Trinajstić information content (AvgIpc) is 3.47. The van der Waals surface area contributed by atoms with Crippen LogP contribution in [0, 0.1) is 11.8 Å². The van der Waals surface area contributed by atoms with E-state index in [9.17, 15) is 19.2 Å². The Bertz CT molecular complexity index is 1140. The van der Waals surface area contributed by atoms with Gasteiger partial charge in [0.25, 0.3) is 5.91 Å². The van der Waals surface area contributed by atoms with E-state index in [1.807, 2.05) is 51.1 Å². The van der Waals surface area contributed by atoms with E-state index in [1.54, 1.807) is 6.92 Å². The summed E-state index contributed by atoms with van der Waals surface area (Å²) in [5.74, 6) is -1.58. The van der Waals surface area contributed by atoms with Crippen LogP contribution in [0.4, 0.5) is 0 Å². The zero-order valence-electron chi connectivity index (χ0n) is 23.3. The first-order valence-electron chi connectivity index (χ1n) is 13.4. The lowest BCUT2D eigenvalue weighted by atomic mass is 9.89. The van der Waals surface area contributed by atoms with Gasteiger partial charge in [-0.3, -0.25) is 19.2 Å². The van der Waals surface area contributed by atoms with Crippen LogP contribution in [0.25, 0.3) is 0 Å². The van der Waals surface area contributed by atoms with Gasteiger partial charge in [-0.15, -0.1) is 0 Å². The monoisotopic (exact) mass is 541 g/mol. The van der Waals surface area contributed by atoms with Gasteiger partial charge in [-0.05, 0) is 31.2 Å². The normalized spacial score (nSPS) is 18.7. The second kappa shape index (κ2) is 13.6. The SMILES string of the molecule is CCc1cc(C(=O)N[C@@H](COC)C(=O)C[C@@H](Cc2ccccc2)C(=O)N[C@@H](CC(C)C)C(=O)[C@@]2(C)CO2)no1. The lowest BCUT2D eigenvalue weighted by molar-refractivity contribution is -0.134. The largest absolute Gasteiger partial charge is 0.382 e. The summed E-state index contributed by atoms with van der Waals surface area (Å²) in [5, 5.41) is 9.32. The Labute approximate surface area is 229 Å². The van der Waals surface area contributed by atoms with Crippen LogP contribution in [-0.2, 0) is 36.7 Å². The van der Waals surface area contributed by atoms with Crippen LogP contribution < -0.4 is 10.6 Å². The Morgan fingerprint density at radius 1 is 1.10 bits per heavy atom. The highest BCUT2D eigenvalue weighted by Crippen LogP contribution is 2.30. The number of carbonyl (C=O) groups is 4. The molecule has 1 aliphatic heterocycles. The number of ketones is 2. The van der Waals surface area contributed by atoms with Crippen LogP contribution in [0.15, 0.2) is 40.9 Å². The number of carbonyl (C=O) groups excluding carboxylic acids is 4. The molecule has 10 heteroatoms. The van der Waals surface area contributed by atoms with Crippen molar-refractivity contribution in [3.63, 3.8) is 0 Å². The maximum atomic E-state index is 13.6. The first-order chi connectivity index (χ1) is 18.6. The zero-order valence-corrected chi connectivity index (χ0v) is 23.3. The number of Topliss-reactive ketones (excluding diaryl/α,β-unsaturated/α-hetero) is 2. The molecule has 0 radical (unpaired) electrons. The number of amides is 2. The molecule has 3 rings (SSSR count). The molecule has 2 heterocycles. The molecule has 1 saturated heterocycles. The standard InChI is InChI=1S/C29H39N3O7/c1-6-21-15-23(32-39-21)28(36)31-24(16-37-5)25(33)14-20(13-19-10-8-7-9-11-19)27(35)30-22(12-18(2)3)26(34)29(4)17-38-29/h7-11,15,18,20,22,24H,6,12-14,16-17H2,1-5H3,(H,30,35)(H,31,36)/t20-,22+,24+,29-/m1/s1. The number of hydrogen-bond donors (Lipinski definition) is 2. The van der Waals surface area contributed by atoms with Gasteiger partial charge in [0.05, 0.1) is 19.3 Å². The van der Waals surface area contributed by atoms with E-state index in [0.29, 0.717) is 25.2 Å². The third-order valence-corrected chi connectivity index (χ3v) is 6.75. The van der Waals surface area contributed by atoms with Gasteiger partial charge in [-0.1, -0.05) is 56.3 Å². The fraction of sp³-hybridized carbons (Fsp3) is 0.552. The molecule has 0 bridgehead atoms. The molecule has 1 aliphatic rings. The van der Waals surface area contributed by atoms with Gasteiger partial charge in [0.2, 0.25) is 5.91 Å². The maximum absolute atomic E-state index is 13.6. The number of nitrogens with zero attached hydrogens (tertiary/aromatic N) is 1. The Kier molecular flexibility index (Phi) is 10.5. The van der Waals surface area contributed by atoms with Gasteiger partial charge in [0.15, 0.2) is 17.3 Å². The minimum atomic E-state index is -0.998. The van der Waals surface area contributed by atoms with Gasteiger partial charge in [-0.25, -0.2) is 0 Å². The molecule has 2 amide bonds. The molecule has 0 spiro atoms. The molecule has 39 heavy (non-hydrogen) atoms. The van der Waals surface area contributed by atoms with Gasteiger partial charge < -0.3 is 24.6 Å². The van der Waals surface area contributed by atoms with Crippen LogP contribution in [0.2, 0.25) is 0 Å². The van der Waals surface area contributed by atoms with Crippen molar-refractivity contribution in [2.75, 3.05) is 20.3 Å². The number of benzene rings is 1. The summed E-state index contributed by atoms with van der Waals surface area (Å²) in [6, 6.07) is 9.14. The Hall–Kier alpha value is -3.37. The zero-order chi connectivity index (χ0) is 28.6. The van der Waals surface area contributed by atoms with Crippen molar-refractivity contribution in [3.8, 4) is 0 Å². The molecule has 4 atom stereocenters. The minimum absolute atomic E-state index is 0.0603. The third-order valence-electron chi connectivity index (χ3n) is 6.75. The molecule has 0 unspecified atom stereocenters. The first-order valence-corrected chi connectivity index (χ1v) is 13.4. The topological polar surface area (TPSA) is 140 Å². The van der Waals surface area contributed by atoms with Crippen molar-refractivity contribution in [2.45, 2.75) is 71.1 Å². The van der Waals surface area contributed by atoms with E-state index in [-0.39, 0.29) is 42.6 Å². The highest BCUT2D eigenvalue weighted by Gasteiger charge is 2.50. The number of aryl methyl sites for hydroxylation is 1. The fourth-order valence-corrected chi connectivity index (χ4v) is 4.35. The Morgan fingerprint density at radius 2 is 1.79 bits per heavy atom. The maximum Gasteiger partial charge on any atom is 0.274 e. The number of epoxide rings is 1. The highest BCUT2D eigenvalue weighted by atomic mass is 16.6. The molecular formula is C29H39N3O7. The Balaban J connectivity index is 1.77. The summed E-state index contributed by atoms with van der Waals surface area (Å²) in [6.07, 6.45) is 1.15. The molecule has 1 aromatic carbocycles. The molecule has 10 nitrogen and oxygen atoms in total. The predicted molar refractivity (Wildman–Crippen MR) is 143 cm³/mol. The molecule has 0 saturated carbocycles. The number of nitrogens with one attached hydrogen (secondary N) is 2. The van der Waals surface area contributed by atoms with E-state index in [2.05, 4.69) is 15.8 Å². The van der Waals surface area contributed by atoms with E-state index >= 15 is 0 Å². The van der Waals surface area contributed by atoms with Crippen molar-refractivity contribution in [1.82, 2.24) is 15.8 Å². The number of rotatable bonds is 16. The van der Waals surface area contributed by atoms with Crippen LogP contribution in [0.5, 0.6) is 0 Å². The molecule has 2 N–H and O–H groups in total. The van der Waals surface area contributed by atoms with E-state index in [1.165, 1.54) is 13.2 Å². The first kappa shape index (κ1) is 30.2. The molecule has 0 aliphatic carbocycles. The lowest BCUT2D eigenvalue weighted by Gasteiger charge is -2.25. The molecule has 1 fully saturated rings. The van der Waals surface area contributed by atoms with Crippen LogP contribution in [0.3, 0.4) is 0 Å². The second-order valence-electron chi connectivity index (χ2n) is 10.6. The van der Waals surface area contributed by atoms with Gasteiger partial charge >= 0.3 is 0 Å². The van der Waals surface area contributed by atoms with Crippen molar-refractivity contribution < 1.29 is 33.2 Å². The average molecular weight is 542 g/mol. The third kappa shape index (κ3) is 8.56. The summed E-state index contributed by atoms with van der Waals surface area (Å²) < 4.78 is 15.6. The van der Waals surface area contributed by atoms with Gasteiger partial charge in [0, 0.05) is 31.9 Å². The van der Waals surface area contributed by atoms with Gasteiger partial charge in [0.1, 0.15) is 17.4 Å². The fourth-order valence-electron chi connectivity index (χ4n) is 4.35. The summed E-state index contributed by atoms with van der Waals surface area (Å²) in [4.78, 5) is 52.8. The van der Waals surface area contributed by atoms with Crippen molar-refractivity contribution in [3.05, 3.63) is 53.4 Å². The van der Waals surface area contributed by atoms with Crippen LogP contribution in [-0.4, -0.2) is 66.5 Å². The van der Waals surface area contributed by atoms with E-state index < -0.39 is 35.4 Å². The predicted octanol–water partition coefficient (Wildman–Crippen LogP) is 2.69. The van der Waals surface area contributed by atoms with Crippen molar-refractivity contribution >= 4 is 23.4 Å². The molecule has 212 valence electrons. The number of methoxy groups -OCH3 is 1. The quantitative estimate of drug-likeness (QED) is 0.309. The summed E-state index contributed by atoms with van der Waals surface area (Å²) in [7, 11) is 1.43. The summed E-state index contributed by atoms with van der Waals surface area (Å²) in [6.45, 7) is 7.79. The number of hydrogen-bond acceptors (Lipinski definition) is 8. The number of ether oxygens (including phenoxy) is 2. The lowest BCUT2D eigenvalue weighted by Crippen LogP contribution is -2.50. The van der Waals surface area contributed by atoms with Crippen molar-refractivity contribution in [2.24, 2.45) is 11.8 Å². The summed E-state index contributed by atoms with van der Waals surface area (Å²) >= 11 is 0. The van der Waals surface area contributed by atoms with E-state index in [4.69, 9.17) is 14.0 Å². The smallest absolute Gasteiger partial charge is 0.274 e. The molecule has 1 aromatic heterocycles. The van der Waals surface area contributed by atoms with Gasteiger partial charge in [-0.2, -0.15) is 0 Å². The van der Waals surface area contributed by atoms with Crippen LogP contribution in [0.1, 0.15) is 62.3 Å².